The number of aromatic amines is 2. The van der Waals surface area contributed by atoms with Gasteiger partial charge in [0.2, 0.25) is 5.82 Å². The van der Waals surface area contributed by atoms with Gasteiger partial charge < -0.3 is 9.72 Å². The van der Waals surface area contributed by atoms with Gasteiger partial charge in [0.25, 0.3) is 0 Å². The van der Waals surface area contributed by atoms with E-state index in [1.54, 1.807) is 25.3 Å². The van der Waals surface area contributed by atoms with E-state index >= 15 is 0 Å². The maximum Gasteiger partial charge on any atom is 0.439 e. The average molecular weight is 416 g/mol. The number of H-pyrrole nitrogens is 2. The van der Waals surface area contributed by atoms with Crippen molar-refractivity contribution in [2.45, 2.75) is 6.42 Å². The zero-order chi connectivity index (χ0) is 21.4. The molecule has 2 aromatic carbocycles. The standard InChI is InChI=1S/C23H17FN4O3/c1-30-16-9-10-17-18(21(26-20(17)12-16)13-5-7-14(24)8-6-13)11-15-3-2-4-19(25-15)22-27-23(29)31-28-22/h2-10,12,26H,11H2,1H3,(H,27,28,29). The van der Waals surface area contributed by atoms with Crippen LogP contribution in [-0.4, -0.2) is 27.2 Å². The smallest absolute Gasteiger partial charge is 0.439 e. The number of pyridine rings is 1. The van der Waals surface area contributed by atoms with E-state index in [0.717, 1.165) is 39.2 Å². The minimum absolute atomic E-state index is 0.272. The molecule has 2 N–H and O–H groups in total. The summed E-state index contributed by atoms with van der Waals surface area (Å²) in [5, 5.41) is 4.72. The van der Waals surface area contributed by atoms with Crippen LogP contribution in [0, 0.1) is 5.82 Å². The molecule has 0 aliphatic heterocycles. The lowest BCUT2D eigenvalue weighted by molar-refractivity contribution is 0.387. The van der Waals surface area contributed by atoms with Gasteiger partial charge in [0.15, 0.2) is 0 Å². The van der Waals surface area contributed by atoms with Crippen LogP contribution in [0.5, 0.6) is 5.75 Å². The van der Waals surface area contributed by atoms with Crippen molar-refractivity contribution >= 4 is 10.9 Å². The van der Waals surface area contributed by atoms with Crippen molar-refractivity contribution in [3.63, 3.8) is 0 Å². The number of aromatic nitrogens is 4. The third-order valence-electron chi connectivity index (χ3n) is 5.09. The van der Waals surface area contributed by atoms with Crippen molar-refractivity contribution in [1.82, 2.24) is 20.1 Å². The maximum atomic E-state index is 13.5. The fourth-order valence-corrected chi connectivity index (χ4v) is 3.64. The van der Waals surface area contributed by atoms with Crippen molar-refractivity contribution in [1.29, 1.82) is 0 Å². The van der Waals surface area contributed by atoms with Gasteiger partial charge in [-0.25, -0.2) is 14.2 Å². The van der Waals surface area contributed by atoms with Crippen molar-refractivity contribution in [3.05, 3.63) is 88.3 Å². The number of methoxy groups -OCH3 is 1. The maximum absolute atomic E-state index is 13.5. The molecule has 0 saturated carbocycles. The first kappa shape index (κ1) is 18.8. The molecular weight excluding hydrogens is 399 g/mol. The van der Waals surface area contributed by atoms with Gasteiger partial charge in [-0.1, -0.05) is 11.2 Å². The fourth-order valence-electron chi connectivity index (χ4n) is 3.64. The predicted octanol–water partition coefficient (Wildman–Crippen LogP) is 4.31. The molecule has 31 heavy (non-hydrogen) atoms. The lowest BCUT2D eigenvalue weighted by Gasteiger charge is -2.07. The molecule has 0 saturated heterocycles. The highest BCUT2D eigenvalue weighted by molar-refractivity contribution is 5.92. The number of benzene rings is 2. The lowest BCUT2D eigenvalue weighted by atomic mass is 10.0. The third kappa shape index (κ3) is 3.59. The summed E-state index contributed by atoms with van der Waals surface area (Å²) in [6.07, 6.45) is 0.509. The van der Waals surface area contributed by atoms with Gasteiger partial charge in [-0.15, -0.1) is 0 Å². The quantitative estimate of drug-likeness (QED) is 0.445. The Kier molecular flexibility index (Phi) is 4.59. The van der Waals surface area contributed by atoms with Crippen LogP contribution in [-0.2, 0) is 6.42 Å². The summed E-state index contributed by atoms with van der Waals surface area (Å²) in [7, 11) is 1.62. The van der Waals surface area contributed by atoms with Gasteiger partial charge in [0.1, 0.15) is 17.3 Å². The van der Waals surface area contributed by atoms with Crippen LogP contribution in [0.2, 0.25) is 0 Å². The largest absolute Gasteiger partial charge is 0.497 e. The van der Waals surface area contributed by atoms with Crippen LogP contribution < -0.4 is 10.5 Å². The molecule has 0 unspecified atom stereocenters. The SMILES string of the molecule is COc1ccc2c(Cc3cccc(-c4noc(=O)[nH]4)n3)c(-c3ccc(F)cc3)[nH]c2c1. The highest BCUT2D eigenvalue weighted by Crippen LogP contribution is 2.34. The first-order chi connectivity index (χ1) is 15.1. The number of rotatable bonds is 5. The first-order valence-corrected chi connectivity index (χ1v) is 9.57. The zero-order valence-corrected chi connectivity index (χ0v) is 16.5. The predicted molar refractivity (Wildman–Crippen MR) is 113 cm³/mol. The Bertz CT molecular complexity index is 1430. The molecule has 7 nitrogen and oxygen atoms in total. The molecule has 0 amide bonds. The van der Waals surface area contributed by atoms with Gasteiger partial charge >= 0.3 is 5.76 Å². The Morgan fingerprint density at radius 3 is 2.65 bits per heavy atom. The van der Waals surface area contributed by atoms with E-state index in [2.05, 4.69) is 24.6 Å². The van der Waals surface area contributed by atoms with Crippen LogP contribution in [0.15, 0.2) is 70.0 Å². The van der Waals surface area contributed by atoms with Crippen LogP contribution in [0.3, 0.4) is 0 Å². The van der Waals surface area contributed by atoms with Crippen LogP contribution in [0.4, 0.5) is 4.39 Å². The molecule has 0 fully saturated rings. The molecule has 5 rings (SSSR count). The van der Waals surface area contributed by atoms with Crippen LogP contribution >= 0.6 is 0 Å². The number of hydrogen-bond donors (Lipinski definition) is 2. The van der Waals surface area contributed by atoms with Gasteiger partial charge in [-0.3, -0.25) is 9.51 Å². The Hall–Kier alpha value is -4.20. The highest BCUT2D eigenvalue weighted by Gasteiger charge is 2.16. The molecule has 0 aliphatic rings. The molecular formula is C23H17FN4O3. The molecule has 5 aromatic rings. The Morgan fingerprint density at radius 1 is 1.06 bits per heavy atom. The Labute approximate surface area is 175 Å². The van der Waals surface area contributed by atoms with E-state index < -0.39 is 5.76 Å². The monoisotopic (exact) mass is 416 g/mol. The molecule has 0 aliphatic carbocycles. The van der Waals surface area contributed by atoms with Gasteiger partial charge in [0.05, 0.1) is 12.8 Å². The Balaban J connectivity index is 1.62. The van der Waals surface area contributed by atoms with Crippen LogP contribution in [0.25, 0.3) is 33.7 Å². The molecule has 8 heteroatoms. The molecule has 0 radical (unpaired) electrons. The fraction of sp³-hybridized carbons (Fsp3) is 0.0870. The summed E-state index contributed by atoms with van der Waals surface area (Å²) < 4.78 is 23.4. The molecule has 0 spiro atoms. The van der Waals surface area contributed by atoms with E-state index in [-0.39, 0.29) is 11.6 Å². The summed E-state index contributed by atoms with van der Waals surface area (Å²) in [5.74, 6) is 0.0840. The number of nitrogens with zero attached hydrogens (tertiary/aromatic N) is 2. The van der Waals surface area contributed by atoms with Gasteiger partial charge in [-0.2, -0.15) is 0 Å². The minimum atomic E-state index is -0.633. The van der Waals surface area contributed by atoms with E-state index in [4.69, 9.17) is 4.74 Å². The first-order valence-electron chi connectivity index (χ1n) is 9.57. The molecule has 0 atom stereocenters. The number of ether oxygens (including phenoxy) is 1. The highest BCUT2D eigenvalue weighted by atomic mass is 19.1. The molecule has 154 valence electrons. The minimum Gasteiger partial charge on any atom is -0.497 e. The lowest BCUT2D eigenvalue weighted by Crippen LogP contribution is -1.98. The molecule has 0 bridgehead atoms. The van der Waals surface area contributed by atoms with Crippen molar-refractivity contribution in [2.24, 2.45) is 0 Å². The zero-order valence-electron chi connectivity index (χ0n) is 16.5. The Morgan fingerprint density at radius 2 is 1.90 bits per heavy atom. The van der Waals surface area contributed by atoms with Gasteiger partial charge in [0, 0.05) is 29.1 Å². The van der Waals surface area contributed by atoms with Crippen molar-refractivity contribution in [3.8, 4) is 28.5 Å². The second-order valence-electron chi connectivity index (χ2n) is 7.03. The summed E-state index contributed by atoms with van der Waals surface area (Å²) in [4.78, 5) is 21.9. The summed E-state index contributed by atoms with van der Waals surface area (Å²) in [6, 6.07) is 17.7. The van der Waals surface area contributed by atoms with E-state index in [1.807, 2.05) is 30.3 Å². The number of hydrogen-bond acceptors (Lipinski definition) is 5. The molecule has 3 heterocycles. The topological polar surface area (TPSA) is 96.8 Å². The normalized spacial score (nSPS) is 11.2. The molecule has 3 aromatic heterocycles. The number of fused-ring (bicyclic) bond motifs is 1. The summed E-state index contributed by atoms with van der Waals surface area (Å²) in [5.41, 5.74) is 4.96. The van der Waals surface area contributed by atoms with E-state index in [1.165, 1.54) is 12.1 Å². The van der Waals surface area contributed by atoms with Crippen molar-refractivity contribution in [2.75, 3.05) is 7.11 Å². The van der Waals surface area contributed by atoms with E-state index in [9.17, 15) is 9.18 Å². The summed E-state index contributed by atoms with van der Waals surface area (Å²) in [6.45, 7) is 0. The van der Waals surface area contributed by atoms with E-state index in [0.29, 0.717) is 12.1 Å². The van der Waals surface area contributed by atoms with Crippen molar-refractivity contribution < 1.29 is 13.7 Å². The third-order valence-corrected chi connectivity index (χ3v) is 5.09. The summed E-state index contributed by atoms with van der Waals surface area (Å²) >= 11 is 0. The second kappa shape index (κ2) is 7.56. The number of halogens is 1. The second-order valence-corrected chi connectivity index (χ2v) is 7.03. The van der Waals surface area contributed by atoms with Gasteiger partial charge in [-0.05, 0) is 59.7 Å². The average Bonchev–Trinajstić information content (AvgIpc) is 3.38. The number of nitrogens with one attached hydrogen (secondary N) is 2. The van der Waals surface area contributed by atoms with Crippen LogP contribution in [0.1, 0.15) is 11.3 Å².